The number of aromatic nitrogens is 1. The Bertz CT molecular complexity index is 418. The van der Waals surface area contributed by atoms with Gasteiger partial charge in [0.05, 0.1) is 0 Å². The highest BCUT2D eigenvalue weighted by Gasteiger charge is 2.13. The van der Waals surface area contributed by atoms with E-state index >= 15 is 0 Å². The summed E-state index contributed by atoms with van der Waals surface area (Å²) >= 11 is 0. The van der Waals surface area contributed by atoms with Crippen LogP contribution in [0.3, 0.4) is 0 Å². The fourth-order valence-corrected chi connectivity index (χ4v) is 1.45. The number of hydrogen-bond acceptors (Lipinski definition) is 0. The van der Waals surface area contributed by atoms with Crippen molar-refractivity contribution in [1.82, 2.24) is 4.98 Å². The van der Waals surface area contributed by atoms with Crippen molar-refractivity contribution in [3.63, 3.8) is 0 Å². The summed E-state index contributed by atoms with van der Waals surface area (Å²) < 4.78 is 0. The van der Waals surface area contributed by atoms with Crippen molar-refractivity contribution in [3.05, 3.63) is 36.0 Å². The first-order valence-electron chi connectivity index (χ1n) is 4.57. The number of aromatic amines is 1. The molecular weight excluding hydrogens is 158 g/mol. The first-order chi connectivity index (χ1) is 6.07. The molecule has 1 aromatic heterocycles. The third-order valence-electron chi connectivity index (χ3n) is 2.34. The summed E-state index contributed by atoms with van der Waals surface area (Å²) in [6, 6.07) is 9.67. The van der Waals surface area contributed by atoms with Gasteiger partial charge in [-0.3, -0.25) is 0 Å². The van der Waals surface area contributed by atoms with Crippen LogP contribution in [0.2, 0.25) is 0 Å². The Hall–Kier alpha value is -1.24. The Morgan fingerprint density at radius 1 is 1.23 bits per heavy atom. The molecule has 1 aromatic carbocycles. The van der Waals surface area contributed by atoms with E-state index in [0.717, 1.165) is 5.52 Å². The lowest BCUT2D eigenvalue weighted by Crippen LogP contribution is -2.10. The van der Waals surface area contributed by atoms with Gasteiger partial charge in [-0.2, -0.15) is 0 Å². The van der Waals surface area contributed by atoms with Crippen LogP contribution in [0.15, 0.2) is 24.4 Å². The molecular formula is C12H14N. The number of hydrogen-bond donors (Lipinski definition) is 1. The van der Waals surface area contributed by atoms with E-state index in [1.165, 1.54) is 10.9 Å². The monoisotopic (exact) mass is 172 g/mol. The van der Waals surface area contributed by atoms with Crippen LogP contribution in [0.4, 0.5) is 0 Å². The minimum Gasteiger partial charge on any atom is -0.361 e. The SMILES string of the molecule is CC(C)(C)c1ccc2[nH]c[c]c2c1. The zero-order valence-electron chi connectivity index (χ0n) is 8.31. The molecule has 2 rings (SSSR count). The Kier molecular flexibility index (Phi) is 1.69. The van der Waals surface area contributed by atoms with Gasteiger partial charge in [0.25, 0.3) is 0 Å². The summed E-state index contributed by atoms with van der Waals surface area (Å²) in [5.74, 6) is 0. The molecule has 0 aliphatic heterocycles. The maximum atomic E-state index is 3.18. The normalized spacial score (nSPS) is 12.2. The van der Waals surface area contributed by atoms with Crippen LogP contribution in [0.1, 0.15) is 26.3 Å². The van der Waals surface area contributed by atoms with E-state index in [1.54, 1.807) is 0 Å². The van der Waals surface area contributed by atoms with E-state index in [4.69, 9.17) is 0 Å². The van der Waals surface area contributed by atoms with Crippen molar-refractivity contribution in [3.8, 4) is 0 Å². The van der Waals surface area contributed by atoms with Crippen molar-refractivity contribution in [2.45, 2.75) is 26.2 Å². The quantitative estimate of drug-likeness (QED) is 0.627. The molecule has 0 atom stereocenters. The molecule has 2 aromatic rings. The number of H-pyrrole nitrogens is 1. The standard InChI is InChI=1S/C12H14N/c1-12(2,3)10-4-5-11-9(8-10)6-7-13-11/h4-5,7-8,13H,1-3H3. The molecule has 0 bridgehead atoms. The maximum absolute atomic E-state index is 3.18. The fourth-order valence-electron chi connectivity index (χ4n) is 1.45. The third kappa shape index (κ3) is 1.46. The van der Waals surface area contributed by atoms with E-state index in [-0.39, 0.29) is 5.41 Å². The highest BCUT2D eigenvalue weighted by molar-refractivity contribution is 5.79. The summed E-state index contributed by atoms with van der Waals surface area (Å²) in [7, 11) is 0. The predicted octanol–water partition coefficient (Wildman–Crippen LogP) is 3.27. The lowest BCUT2D eigenvalue weighted by Gasteiger charge is -2.18. The molecule has 13 heavy (non-hydrogen) atoms. The van der Waals surface area contributed by atoms with Crippen molar-refractivity contribution < 1.29 is 0 Å². The molecule has 1 N–H and O–H groups in total. The first-order valence-corrected chi connectivity index (χ1v) is 4.57. The van der Waals surface area contributed by atoms with Crippen molar-refractivity contribution in [2.24, 2.45) is 0 Å². The molecule has 1 nitrogen and oxygen atoms in total. The molecule has 1 radical (unpaired) electrons. The Balaban J connectivity index is 2.61. The fraction of sp³-hybridized carbons (Fsp3) is 0.333. The Morgan fingerprint density at radius 2 is 2.00 bits per heavy atom. The summed E-state index contributed by atoms with van der Waals surface area (Å²) in [4.78, 5) is 3.14. The minimum atomic E-state index is 0.222. The molecule has 0 amide bonds. The predicted molar refractivity (Wildman–Crippen MR) is 55.8 cm³/mol. The van der Waals surface area contributed by atoms with Crippen LogP contribution in [0.25, 0.3) is 10.9 Å². The lowest BCUT2D eigenvalue weighted by molar-refractivity contribution is 0.591. The van der Waals surface area contributed by atoms with Gasteiger partial charge in [0.2, 0.25) is 0 Å². The number of benzene rings is 1. The number of fused-ring (bicyclic) bond motifs is 1. The average molecular weight is 172 g/mol. The lowest BCUT2D eigenvalue weighted by atomic mass is 9.86. The van der Waals surface area contributed by atoms with Gasteiger partial charge < -0.3 is 4.98 Å². The first kappa shape index (κ1) is 8.36. The second kappa shape index (κ2) is 2.63. The van der Waals surface area contributed by atoms with Gasteiger partial charge in [0, 0.05) is 23.2 Å². The zero-order valence-corrected chi connectivity index (χ0v) is 8.31. The van der Waals surface area contributed by atoms with Crippen LogP contribution in [-0.4, -0.2) is 4.98 Å². The second-order valence-corrected chi connectivity index (χ2v) is 4.44. The molecule has 0 saturated heterocycles. The average Bonchev–Trinajstić information content (AvgIpc) is 2.47. The largest absolute Gasteiger partial charge is 0.361 e. The molecule has 67 valence electrons. The van der Waals surface area contributed by atoms with Crippen LogP contribution in [-0.2, 0) is 5.41 Å². The van der Waals surface area contributed by atoms with E-state index in [0.29, 0.717) is 0 Å². The van der Waals surface area contributed by atoms with Crippen molar-refractivity contribution in [2.75, 3.05) is 0 Å². The highest BCUT2D eigenvalue weighted by Crippen LogP contribution is 2.25. The van der Waals surface area contributed by atoms with Crippen molar-refractivity contribution in [1.29, 1.82) is 0 Å². The van der Waals surface area contributed by atoms with Gasteiger partial charge >= 0.3 is 0 Å². The molecule has 1 heterocycles. The number of rotatable bonds is 0. The van der Waals surface area contributed by atoms with Gasteiger partial charge in [-0.1, -0.05) is 26.8 Å². The molecule has 0 saturated carbocycles. The summed E-state index contributed by atoms with van der Waals surface area (Å²) in [5.41, 5.74) is 2.74. The molecule has 0 fully saturated rings. The van der Waals surface area contributed by atoms with Gasteiger partial charge in [-0.15, -0.1) is 0 Å². The highest BCUT2D eigenvalue weighted by atomic mass is 14.7. The summed E-state index contributed by atoms with van der Waals surface area (Å²) in [6.07, 6.45) is 1.86. The minimum absolute atomic E-state index is 0.222. The van der Waals surface area contributed by atoms with E-state index < -0.39 is 0 Å². The Labute approximate surface area is 78.8 Å². The van der Waals surface area contributed by atoms with E-state index in [1.807, 2.05) is 6.20 Å². The Morgan fingerprint density at radius 3 is 2.69 bits per heavy atom. The molecule has 0 unspecified atom stereocenters. The molecule has 1 heteroatoms. The number of nitrogens with one attached hydrogen (secondary N) is 1. The van der Waals surface area contributed by atoms with E-state index in [9.17, 15) is 0 Å². The molecule has 0 spiro atoms. The summed E-state index contributed by atoms with van der Waals surface area (Å²) in [5, 5.41) is 1.17. The van der Waals surface area contributed by atoms with Gasteiger partial charge in [-0.05, 0) is 23.1 Å². The summed E-state index contributed by atoms with van der Waals surface area (Å²) in [6.45, 7) is 6.67. The van der Waals surface area contributed by atoms with Crippen LogP contribution < -0.4 is 0 Å². The second-order valence-electron chi connectivity index (χ2n) is 4.44. The van der Waals surface area contributed by atoms with Gasteiger partial charge in [0.1, 0.15) is 0 Å². The third-order valence-corrected chi connectivity index (χ3v) is 2.34. The zero-order chi connectivity index (χ0) is 9.47. The smallest absolute Gasteiger partial charge is 0.0460 e. The van der Waals surface area contributed by atoms with E-state index in [2.05, 4.69) is 50.0 Å². The van der Waals surface area contributed by atoms with Gasteiger partial charge in [0.15, 0.2) is 0 Å². The van der Waals surface area contributed by atoms with Crippen LogP contribution >= 0.6 is 0 Å². The maximum Gasteiger partial charge on any atom is 0.0460 e. The van der Waals surface area contributed by atoms with Crippen LogP contribution in [0.5, 0.6) is 0 Å². The van der Waals surface area contributed by atoms with Gasteiger partial charge in [-0.25, -0.2) is 0 Å². The topological polar surface area (TPSA) is 15.8 Å². The van der Waals surface area contributed by atoms with Crippen molar-refractivity contribution >= 4 is 10.9 Å². The molecule has 0 aliphatic carbocycles. The van der Waals surface area contributed by atoms with Crippen LogP contribution in [0, 0.1) is 6.07 Å². The molecule has 0 aliphatic rings.